The van der Waals surface area contributed by atoms with E-state index in [2.05, 4.69) is 52.4 Å². The average molecular weight is 426 g/mol. The molecule has 1 fully saturated rings. The van der Waals surface area contributed by atoms with E-state index in [1.807, 2.05) is 19.1 Å². The minimum atomic E-state index is -0.111. The van der Waals surface area contributed by atoms with Crippen molar-refractivity contribution in [3.63, 3.8) is 0 Å². The van der Waals surface area contributed by atoms with Gasteiger partial charge in [-0.1, -0.05) is 41.9 Å². The molecule has 2 heterocycles. The number of carbonyl (C=O) groups is 1. The Kier molecular flexibility index (Phi) is 5.33. The lowest BCUT2D eigenvalue weighted by molar-refractivity contribution is -0.0755. The molecule has 1 aliphatic carbocycles. The Balaban J connectivity index is 1.47. The van der Waals surface area contributed by atoms with Crippen molar-refractivity contribution >= 4 is 11.5 Å². The van der Waals surface area contributed by atoms with Crippen LogP contribution in [0.15, 0.2) is 66.2 Å². The van der Waals surface area contributed by atoms with E-state index in [9.17, 15) is 4.79 Å². The number of nitrogens with zero attached hydrogens (tertiary/aromatic N) is 3. The Morgan fingerprint density at radius 3 is 2.50 bits per heavy atom. The van der Waals surface area contributed by atoms with Crippen LogP contribution in [-0.4, -0.2) is 27.1 Å². The summed E-state index contributed by atoms with van der Waals surface area (Å²) in [6, 6.07) is 14.5. The van der Waals surface area contributed by atoms with Crippen LogP contribution in [0.2, 0.25) is 0 Å². The number of carbonyl (C=O) groups excluding carboxylic acids is 1. The third-order valence-electron chi connectivity index (χ3n) is 6.66. The minimum absolute atomic E-state index is 0.00641. The van der Waals surface area contributed by atoms with Crippen molar-refractivity contribution in [3.8, 4) is 11.1 Å². The summed E-state index contributed by atoms with van der Waals surface area (Å²) in [4.78, 5) is 27.6. The lowest BCUT2D eigenvalue weighted by atomic mass is 9.76. The highest BCUT2D eigenvalue weighted by molar-refractivity contribution is 6.06. The molecule has 5 heteroatoms. The Morgan fingerprint density at radius 2 is 1.84 bits per heavy atom. The van der Waals surface area contributed by atoms with Gasteiger partial charge in [-0.25, -0.2) is 0 Å². The largest absolute Gasteiger partial charge is 0.389 e. The predicted octanol–water partition coefficient (Wildman–Crippen LogP) is 5.88. The molecule has 0 unspecified atom stereocenters. The number of aromatic nitrogens is 2. The molecular formula is C27H27N3O2. The molecule has 2 aliphatic rings. The molecule has 1 aliphatic heterocycles. The van der Waals surface area contributed by atoms with Gasteiger partial charge in [-0.3, -0.25) is 14.8 Å². The second kappa shape index (κ2) is 8.30. The van der Waals surface area contributed by atoms with Crippen LogP contribution in [0.5, 0.6) is 0 Å². The molecule has 32 heavy (non-hydrogen) atoms. The standard InChI is InChI=1S/C27H27N3O2/c1-18-4-6-20(7-5-18)21-13-22(24-16-27(32-30-24)8-3-9-27)15-23(14-21)26(31)12-19(2)25-17-28-10-11-29-25/h4-7,10-11,13-15,17,19H,3,8-9,12,16H2,1-2H3/t19-/m0/s1. The van der Waals surface area contributed by atoms with E-state index in [-0.39, 0.29) is 17.3 Å². The third kappa shape index (κ3) is 4.07. The lowest BCUT2D eigenvalue weighted by Gasteiger charge is -2.34. The summed E-state index contributed by atoms with van der Waals surface area (Å²) in [7, 11) is 0. The summed E-state index contributed by atoms with van der Waals surface area (Å²) in [5.74, 6) is 0.0873. The molecule has 5 nitrogen and oxygen atoms in total. The molecule has 2 aromatic carbocycles. The Labute approximate surface area is 188 Å². The normalized spacial score (nSPS) is 17.4. The van der Waals surface area contributed by atoms with Gasteiger partial charge in [0.15, 0.2) is 5.78 Å². The van der Waals surface area contributed by atoms with Crippen molar-refractivity contribution < 1.29 is 9.63 Å². The summed E-state index contributed by atoms with van der Waals surface area (Å²) in [6.07, 6.45) is 9.54. The number of hydrogen-bond donors (Lipinski definition) is 0. The van der Waals surface area contributed by atoms with Gasteiger partial charge in [0.25, 0.3) is 0 Å². The van der Waals surface area contributed by atoms with E-state index < -0.39 is 0 Å². The van der Waals surface area contributed by atoms with Gasteiger partial charge in [0.2, 0.25) is 0 Å². The van der Waals surface area contributed by atoms with Crippen LogP contribution in [-0.2, 0) is 4.84 Å². The molecule has 0 N–H and O–H groups in total. The first-order valence-corrected chi connectivity index (χ1v) is 11.3. The predicted molar refractivity (Wildman–Crippen MR) is 125 cm³/mol. The molecule has 1 atom stereocenters. The van der Waals surface area contributed by atoms with E-state index in [0.717, 1.165) is 47.4 Å². The van der Waals surface area contributed by atoms with Gasteiger partial charge in [-0.05, 0) is 55.5 Å². The number of rotatable bonds is 6. The summed E-state index contributed by atoms with van der Waals surface area (Å²) < 4.78 is 0. The zero-order chi connectivity index (χ0) is 22.1. The Bertz CT molecular complexity index is 1170. The van der Waals surface area contributed by atoms with Gasteiger partial charge in [0.1, 0.15) is 5.60 Å². The Hall–Kier alpha value is -3.34. The van der Waals surface area contributed by atoms with Crippen molar-refractivity contribution in [3.05, 3.63) is 83.4 Å². The van der Waals surface area contributed by atoms with Gasteiger partial charge < -0.3 is 4.84 Å². The Morgan fingerprint density at radius 1 is 1.06 bits per heavy atom. The quantitative estimate of drug-likeness (QED) is 0.463. The summed E-state index contributed by atoms with van der Waals surface area (Å²) in [5, 5.41) is 4.43. The topological polar surface area (TPSA) is 64.4 Å². The average Bonchev–Trinajstić information content (AvgIpc) is 3.26. The highest BCUT2D eigenvalue weighted by Crippen LogP contribution is 2.43. The van der Waals surface area contributed by atoms with Crippen LogP contribution in [0.1, 0.15) is 72.1 Å². The van der Waals surface area contributed by atoms with E-state index >= 15 is 0 Å². The number of ketones is 1. The van der Waals surface area contributed by atoms with Crippen molar-refractivity contribution in [2.24, 2.45) is 5.16 Å². The molecule has 0 bridgehead atoms. The first-order chi connectivity index (χ1) is 15.5. The van der Waals surface area contributed by atoms with E-state index in [1.165, 1.54) is 12.0 Å². The molecule has 162 valence electrons. The number of hydrogen-bond acceptors (Lipinski definition) is 5. The fourth-order valence-electron chi connectivity index (χ4n) is 4.45. The first-order valence-electron chi connectivity index (χ1n) is 11.3. The van der Waals surface area contributed by atoms with Crippen molar-refractivity contribution in [2.75, 3.05) is 0 Å². The van der Waals surface area contributed by atoms with Gasteiger partial charge >= 0.3 is 0 Å². The van der Waals surface area contributed by atoms with Crippen LogP contribution in [0.25, 0.3) is 11.1 Å². The van der Waals surface area contributed by atoms with Crippen molar-refractivity contribution in [2.45, 2.75) is 57.5 Å². The second-order valence-electron chi connectivity index (χ2n) is 9.17. The maximum atomic E-state index is 13.3. The summed E-state index contributed by atoms with van der Waals surface area (Å²) in [5.41, 5.74) is 6.65. The number of aryl methyl sites for hydroxylation is 1. The first kappa shape index (κ1) is 20.6. The van der Waals surface area contributed by atoms with Gasteiger partial charge in [0.05, 0.1) is 11.4 Å². The SMILES string of the molecule is Cc1ccc(-c2cc(C(=O)C[C@H](C)c3cnccn3)cc(C3=NOC4(CCC4)C3)c2)cc1. The highest BCUT2D eigenvalue weighted by atomic mass is 16.7. The van der Waals surface area contributed by atoms with Crippen molar-refractivity contribution in [1.29, 1.82) is 0 Å². The molecule has 3 aromatic rings. The van der Waals surface area contributed by atoms with E-state index in [4.69, 9.17) is 4.84 Å². The molecule has 0 saturated heterocycles. The van der Waals surface area contributed by atoms with Crippen LogP contribution in [0.4, 0.5) is 0 Å². The summed E-state index contributed by atoms with van der Waals surface area (Å²) >= 11 is 0. The number of oxime groups is 1. The zero-order valence-electron chi connectivity index (χ0n) is 18.5. The number of benzene rings is 2. The van der Waals surface area contributed by atoms with Gasteiger partial charge in [0, 0.05) is 48.5 Å². The van der Waals surface area contributed by atoms with E-state index in [1.54, 1.807) is 18.6 Å². The molecular weight excluding hydrogens is 398 g/mol. The van der Waals surface area contributed by atoms with E-state index in [0.29, 0.717) is 12.0 Å². The molecule has 1 spiro atoms. The fraction of sp³-hybridized carbons (Fsp3) is 0.333. The monoisotopic (exact) mass is 425 g/mol. The van der Waals surface area contributed by atoms with Crippen LogP contribution >= 0.6 is 0 Å². The third-order valence-corrected chi connectivity index (χ3v) is 6.66. The highest BCUT2D eigenvalue weighted by Gasteiger charge is 2.44. The molecule has 0 radical (unpaired) electrons. The van der Waals surface area contributed by atoms with Crippen molar-refractivity contribution in [1.82, 2.24) is 9.97 Å². The van der Waals surface area contributed by atoms with Crippen LogP contribution in [0.3, 0.4) is 0 Å². The maximum absolute atomic E-state index is 13.3. The fourth-order valence-corrected chi connectivity index (χ4v) is 4.45. The summed E-state index contributed by atoms with van der Waals surface area (Å²) in [6.45, 7) is 4.09. The molecule has 1 aromatic heterocycles. The lowest BCUT2D eigenvalue weighted by Crippen LogP contribution is -2.36. The smallest absolute Gasteiger partial charge is 0.163 e. The van der Waals surface area contributed by atoms with Crippen LogP contribution in [0, 0.1) is 6.92 Å². The van der Waals surface area contributed by atoms with Gasteiger partial charge in [-0.15, -0.1) is 0 Å². The number of Topliss-reactive ketones (excluding diaryl/α,β-unsaturated/α-hetero) is 1. The molecule has 5 rings (SSSR count). The van der Waals surface area contributed by atoms with Gasteiger partial charge in [-0.2, -0.15) is 0 Å². The second-order valence-corrected chi connectivity index (χ2v) is 9.17. The van der Waals surface area contributed by atoms with Crippen LogP contribution < -0.4 is 0 Å². The zero-order valence-corrected chi connectivity index (χ0v) is 18.5. The minimum Gasteiger partial charge on any atom is -0.389 e. The maximum Gasteiger partial charge on any atom is 0.163 e. The molecule has 0 amide bonds. The molecule has 1 saturated carbocycles.